The predicted molar refractivity (Wildman–Crippen MR) is 248 cm³/mol. The summed E-state index contributed by atoms with van der Waals surface area (Å²) >= 11 is 1.14. The van der Waals surface area contributed by atoms with Gasteiger partial charge in [0.2, 0.25) is 11.8 Å². The zero-order valence-corrected chi connectivity index (χ0v) is 39.2. The molecule has 1 aliphatic heterocycles. The third kappa shape index (κ3) is 18.4. The van der Waals surface area contributed by atoms with Crippen LogP contribution < -0.4 is 11.1 Å². The molecule has 2 heterocycles. The van der Waals surface area contributed by atoms with Crippen molar-refractivity contribution in [2.24, 2.45) is 17.1 Å². The van der Waals surface area contributed by atoms with Crippen molar-refractivity contribution >= 4 is 47.1 Å². The average Bonchev–Trinajstić information content (AvgIpc) is 3.83. The molecule has 4 rings (SSSR count). The Morgan fingerprint density at radius 2 is 1.49 bits per heavy atom. The van der Waals surface area contributed by atoms with Crippen molar-refractivity contribution in [1.82, 2.24) is 19.7 Å². The number of ketones is 1. The molecule has 16 nitrogen and oxygen atoms in total. The van der Waals surface area contributed by atoms with Crippen LogP contribution in [0.15, 0.2) is 72.9 Å². The van der Waals surface area contributed by atoms with E-state index in [0.717, 1.165) is 52.6 Å². The molecule has 0 saturated carbocycles. The van der Waals surface area contributed by atoms with Crippen molar-refractivity contribution in [3.05, 3.63) is 95.8 Å². The van der Waals surface area contributed by atoms with E-state index in [1.54, 1.807) is 17.2 Å². The first-order valence-electron chi connectivity index (χ1n) is 22.2. The monoisotopic (exact) mass is 955 g/mol. The Morgan fingerprint density at radius 1 is 0.866 bits per heavy atom. The summed E-state index contributed by atoms with van der Waals surface area (Å²) in [5, 5.41) is 12.5. The van der Waals surface area contributed by atoms with E-state index in [1.165, 1.54) is 0 Å². The minimum atomic E-state index is -1.14. The van der Waals surface area contributed by atoms with Gasteiger partial charge in [-0.05, 0) is 48.2 Å². The predicted octanol–water partition coefficient (Wildman–Crippen LogP) is 4.64. The number of imide groups is 1. The molecule has 0 saturated heterocycles. The summed E-state index contributed by atoms with van der Waals surface area (Å²) in [5.41, 5.74) is 7.63. The van der Waals surface area contributed by atoms with Crippen LogP contribution in [0.3, 0.4) is 0 Å². The van der Waals surface area contributed by atoms with Crippen LogP contribution in [0.25, 0.3) is 11.1 Å². The topological polar surface area (TPSA) is 209 Å². The molecule has 19 heteroatoms. The van der Waals surface area contributed by atoms with Gasteiger partial charge >= 0.3 is 5.97 Å². The molecule has 1 aliphatic rings. The summed E-state index contributed by atoms with van der Waals surface area (Å²) in [6.45, 7) is 8.83. The number of carbonyl (C=O) groups excluding carboxylic acids is 5. The maximum Gasteiger partial charge on any atom is 0.307 e. The third-order valence-corrected chi connectivity index (χ3v) is 11.6. The molecule has 0 fully saturated rings. The van der Waals surface area contributed by atoms with Crippen molar-refractivity contribution in [1.29, 1.82) is 0 Å². The number of benzene rings is 2. The Hall–Kier alpha value is -5.31. The third-order valence-electron chi connectivity index (χ3n) is 10.5. The number of aromatic nitrogens is 1. The second-order valence-electron chi connectivity index (χ2n) is 16.8. The van der Waals surface area contributed by atoms with Crippen molar-refractivity contribution in [3.63, 3.8) is 0 Å². The molecule has 2 atom stereocenters. The summed E-state index contributed by atoms with van der Waals surface area (Å²) < 4.78 is 53.3. The number of thioether (sulfide) groups is 1. The minimum Gasteiger partial charge on any atom is -0.481 e. The van der Waals surface area contributed by atoms with Gasteiger partial charge < -0.3 is 44.6 Å². The number of nitrogens with one attached hydrogen (secondary N) is 1. The lowest BCUT2D eigenvalue weighted by molar-refractivity contribution is -0.143. The van der Waals surface area contributed by atoms with E-state index in [-0.39, 0.29) is 87.7 Å². The first-order valence-corrected chi connectivity index (χ1v) is 23.4. The molecular formula is C48H63F2N5O11S. The summed E-state index contributed by atoms with van der Waals surface area (Å²) in [7, 11) is 0. The maximum absolute atomic E-state index is 15.1. The van der Waals surface area contributed by atoms with Crippen LogP contribution in [0.5, 0.6) is 0 Å². The normalized spacial score (nSPS) is 13.6. The van der Waals surface area contributed by atoms with Crippen LogP contribution in [-0.4, -0.2) is 145 Å². The molecule has 1 unspecified atom stereocenters. The lowest BCUT2D eigenvalue weighted by Gasteiger charge is -2.41. The zero-order valence-electron chi connectivity index (χ0n) is 38.4. The number of Topliss-reactive ketones (excluding diaryl/α,β-unsaturated/α-hetero) is 1. The molecule has 2 aromatic carbocycles. The molecular weight excluding hydrogens is 893 g/mol. The fourth-order valence-corrected chi connectivity index (χ4v) is 8.24. The Balaban J connectivity index is 1.18. The first-order chi connectivity index (χ1) is 32.1. The molecule has 0 aliphatic carbocycles. The molecule has 0 spiro atoms. The number of nitrogens with two attached hydrogens (primary N) is 1. The molecule has 0 radical (unpaired) electrons. The lowest BCUT2D eigenvalue weighted by atomic mass is 9.83. The first kappa shape index (κ1) is 54.3. The van der Waals surface area contributed by atoms with Crippen molar-refractivity contribution in [2.75, 3.05) is 90.5 Å². The lowest BCUT2D eigenvalue weighted by Crippen LogP contribution is -2.44. The van der Waals surface area contributed by atoms with E-state index in [4.69, 9.17) is 24.7 Å². The van der Waals surface area contributed by atoms with Gasteiger partial charge in [-0.1, -0.05) is 51.1 Å². The van der Waals surface area contributed by atoms with E-state index in [1.807, 2.05) is 55.7 Å². The van der Waals surface area contributed by atoms with E-state index < -0.39 is 52.7 Å². The number of amides is 4. The van der Waals surface area contributed by atoms with Gasteiger partial charge in [0.15, 0.2) is 0 Å². The Morgan fingerprint density at radius 3 is 2.10 bits per heavy atom. The summed E-state index contributed by atoms with van der Waals surface area (Å²) in [6, 6.07) is 14.2. The Kier molecular flexibility index (Phi) is 22.8. The van der Waals surface area contributed by atoms with E-state index >= 15 is 4.39 Å². The minimum absolute atomic E-state index is 0.0136. The van der Waals surface area contributed by atoms with E-state index in [0.29, 0.717) is 57.1 Å². The van der Waals surface area contributed by atoms with Crippen molar-refractivity contribution in [2.45, 2.75) is 52.6 Å². The SMILES string of the molecule is CC(C)(C)C(c1cc(-c2cc(F)ccc2F)cn1Cc1ccccc1)N(CCCN)C(=O)CSC[C@H](CC(=O)CCOCCOCCOCCOCCNC(=O)CN1C(=O)C=CC1=O)C(=O)O. The largest absolute Gasteiger partial charge is 0.481 e. The van der Waals surface area contributed by atoms with Gasteiger partial charge in [-0.2, -0.15) is 11.8 Å². The van der Waals surface area contributed by atoms with Gasteiger partial charge in [-0.15, -0.1) is 0 Å². The smallest absolute Gasteiger partial charge is 0.307 e. The molecule has 0 bridgehead atoms. The van der Waals surface area contributed by atoms with E-state index in [2.05, 4.69) is 5.32 Å². The zero-order chi connectivity index (χ0) is 48.8. The van der Waals surface area contributed by atoms with Crippen LogP contribution in [0.4, 0.5) is 8.78 Å². The number of ether oxygens (including phenoxy) is 4. The number of carbonyl (C=O) groups is 6. The Bertz CT molecular complexity index is 2110. The summed E-state index contributed by atoms with van der Waals surface area (Å²) in [4.78, 5) is 76.7. The number of aliphatic carboxylic acids is 1. The van der Waals surface area contributed by atoms with Crippen LogP contribution >= 0.6 is 11.8 Å². The Labute approximate surface area is 394 Å². The highest BCUT2D eigenvalue weighted by Crippen LogP contribution is 2.41. The number of hydrogen-bond acceptors (Lipinski definition) is 12. The standard InChI is InChI=1S/C48H63F2N5O11S/c1-48(2,3)46(41-27-35(39-28-37(49)10-11-40(39)50)30-53(41)29-34-8-5-4-6-9-34)54(17-7-15-51)45(60)33-67-32-36(47(61)62)26-38(56)14-18-63-20-22-65-24-25-66-23-21-64-19-16-52-42(57)31-55-43(58)12-13-44(55)59/h4-6,8-13,27-28,30,36,46H,7,14-26,29,31-33,51H2,1-3H3,(H,52,57)(H,61,62)/t36-,46?/m0/s1. The fraction of sp³-hybridized carbons (Fsp3) is 0.500. The van der Waals surface area contributed by atoms with Gasteiger partial charge in [-0.25, -0.2) is 8.78 Å². The molecule has 4 amide bonds. The second kappa shape index (κ2) is 28.1. The van der Waals surface area contributed by atoms with Gasteiger partial charge in [-0.3, -0.25) is 33.7 Å². The molecule has 3 aromatic rings. The fourth-order valence-electron chi connectivity index (χ4n) is 7.23. The molecule has 67 heavy (non-hydrogen) atoms. The number of carboxylic acids is 1. The van der Waals surface area contributed by atoms with E-state index in [9.17, 15) is 38.3 Å². The van der Waals surface area contributed by atoms with Gasteiger partial charge in [0, 0.05) is 73.4 Å². The number of hydrogen-bond donors (Lipinski definition) is 3. The highest BCUT2D eigenvalue weighted by atomic mass is 32.2. The van der Waals surface area contributed by atoms with Gasteiger partial charge in [0.05, 0.1) is 70.6 Å². The van der Waals surface area contributed by atoms with Gasteiger partial charge in [0.1, 0.15) is 24.0 Å². The maximum atomic E-state index is 15.1. The summed E-state index contributed by atoms with van der Waals surface area (Å²) in [5.74, 6) is -5.42. The van der Waals surface area contributed by atoms with Crippen molar-refractivity contribution in [3.8, 4) is 11.1 Å². The van der Waals surface area contributed by atoms with Crippen LogP contribution in [0.1, 0.15) is 57.3 Å². The number of nitrogens with zero attached hydrogens (tertiary/aromatic N) is 3. The number of halogens is 2. The average molecular weight is 956 g/mol. The molecule has 366 valence electrons. The quantitative estimate of drug-likeness (QED) is 0.0577. The molecule has 4 N–H and O–H groups in total. The molecule has 1 aromatic heterocycles. The number of carboxylic acid groups (broad SMARTS) is 1. The highest BCUT2D eigenvalue weighted by Gasteiger charge is 2.37. The van der Waals surface area contributed by atoms with Gasteiger partial charge in [0.25, 0.3) is 11.8 Å². The highest BCUT2D eigenvalue weighted by molar-refractivity contribution is 7.99. The van der Waals surface area contributed by atoms with Crippen LogP contribution in [0.2, 0.25) is 0 Å². The number of rotatable bonds is 32. The second-order valence-corrected chi connectivity index (χ2v) is 17.9. The van der Waals surface area contributed by atoms with Crippen LogP contribution in [0, 0.1) is 23.0 Å². The summed E-state index contributed by atoms with van der Waals surface area (Å²) in [6.07, 6.45) is 4.28. The van der Waals surface area contributed by atoms with Crippen molar-refractivity contribution < 1.29 is 61.6 Å². The van der Waals surface area contributed by atoms with Crippen LogP contribution in [-0.2, 0) is 54.3 Å².